The Morgan fingerprint density at radius 3 is 2.65 bits per heavy atom. The van der Waals surface area contributed by atoms with Gasteiger partial charge in [0.05, 0.1) is 31.1 Å². The summed E-state index contributed by atoms with van der Waals surface area (Å²) in [6.07, 6.45) is 7.04. The van der Waals surface area contributed by atoms with Crippen LogP contribution < -0.4 is 0 Å². The SMILES string of the molecule is Cc1cc(CN(CCN2CCOCC2)C(=O)CC2CCCCC2)n(C)n1. The molecule has 0 N–H and O–H groups in total. The highest BCUT2D eigenvalue weighted by molar-refractivity contribution is 5.76. The number of hydrogen-bond donors (Lipinski definition) is 0. The molecule has 6 nitrogen and oxygen atoms in total. The van der Waals surface area contributed by atoms with Gasteiger partial charge in [-0.1, -0.05) is 19.3 Å². The van der Waals surface area contributed by atoms with Gasteiger partial charge in [-0.2, -0.15) is 5.10 Å². The van der Waals surface area contributed by atoms with Crippen molar-refractivity contribution in [2.24, 2.45) is 13.0 Å². The lowest BCUT2D eigenvalue weighted by Crippen LogP contribution is -2.43. The van der Waals surface area contributed by atoms with Gasteiger partial charge in [0, 0.05) is 39.6 Å². The first kappa shape index (κ1) is 19.4. The molecule has 2 heterocycles. The van der Waals surface area contributed by atoms with Gasteiger partial charge in [0.1, 0.15) is 0 Å². The van der Waals surface area contributed by atoms with Crippen molar-refractivity contribution in [3.8, 4) is 0 Å². The van der Waals surface area contributed by atoms with Gasteiger partial charge in [0.2, 0.25) is 5.91 Å². The van der Waals surface area contributed by atoms with E-state index in [1.807, 2.05) is 18.7 Å². The van der Waals surface area contributed by atoms with Crippen molar-refractivity contribution in [1.82, 2.24) is 19.6 Å². The van der Waals surface area contributed by atoms with Gasteiger partial charge in [-0.25, -0.2) is 0 Å². The summed E-state index contributed by atoms with van der Waals surface area (Å²) in [5, 5.41) is 4.44. The third-order valence-corrected chi connectivity index (χ3v) is 5.78. The van der Waals surface area contributed by atoms with E-state index in [0.29, 0.717) is 24.8 Å². The van der Waals surface area contributed by atoms with Crippen molar-refractivity contribution >= 4 is 5.91 Å². The van der Waals surface area contributed by atoms with E-state index in [4.69, 9.17) is 4.74 Å². The second kappa shape index (κ2) is 9.51. The van der Waals surface area contributed by atoms with Crippen LogP contribution in [0.4, 0.5) is 0 Å². The van der Waals surface area contributed by atoms with Gasteiger partial charge in [-0.3, -0.25) is 14.4 Å². The summed E-state index contributed by atoms with van der Waals surface area (Å²) in [7, 11) is 1.97. The van der Waals surface area contributed by atoms with Crippen LogP contribution in [0.2, 0.25) is 0 Å². The van der Waals surface area contributed by atoms with Crippen molar-refractivity contribution in [1.29, 1.82) is 0 Å². The topological polar surface area (TPSA) is 50.6 Å². The van der Waals surface area contributed by atoms with E-state index < -0.39 is 0 Å². The average Bonchev–Trinajstić information content (AvgIpc) is 2.97. The Labute approximate surface area is 157 Å². The predicted molar refractivity (Wildman–Crippen MR) is 102 cm³/mol. The first-order valence-corrected chi connectivity index (χ1v) is 10.2. The lowest BCUT2D eigenvalue weighted by atomic mass is 9.86. The van der Waals surface area contributed by atoms with E-state index in [1.165, 1.54) is 32.1 Å². The molecule has 1 amide bonds. The molecule has 6 heteroatoms. The molecule has 0 atom stereocenters. The molecule has 3 rings (SSSR count). The number of hydrogen-bond acceptors (Lipinski definition) is 4. The largest absolute Gasteiger partial charge is 0.379 e. The first-order valence-electron chi connectivity index (χ1n) is 10.2. The van der Waals surface area contributed by atoms with Crippen molar-refractivity contribution in [3.63, 3.8) is 0 Å². The molecular formula is C20H34N4O2. The van der Waals surface area contributed by atoms with E-state index in [0.717, 1.165) is 50.8 Å². The van der Waals surface area contributed by atoms with Crippen LogP contribution in [-0.2, 0) is 23.1 Å². The van der Waals surface area contributed by atoms with Gasteiger partial charge in [0.15, 0.2) is 0 Å². The number of carbonyl (C=O) groups is 1. The second-order valence-electron chi connectivity index (χ2n) is 7.88. The van der Waals surface area contributed by atoms with E-state index in [-0.39, 0.29) is 0 Å². The standard InChI is InChI=1S/C20H34N4O2/c1-17-14-19(22(2)21-17)16-24(9-8-23-10-12-26-13-11-23)20(25)15-18-6-4-3-5-7-18/h14,18H,3-13,15-16H2,1-2H3. The number of aryl methyl sites for hydroxylation is 2. The van der Waals surface area contributed by atoms with Crippen LogP contribution in [0.15, 0.2) is 6.07 Å². The number of ether oxygens (including phenoxy) is 1. The lowest BCUT2D eigenvalue weighted by molar-refractivity contribution is -0.133. The minimum absolute atomic E-state index is 0.309. The highest BCUT2D eigenvalue weighted by Gasteiger charge is 2.23. The summed E-state index contributed by atoms with van der Waals surface area (Å²) in [5.41, 5.74) is 2.12. The van der Waals surface area contributed by atoms with Crippen LogP contribution >= 0.6 is 0 Å². The minimum Gasteiger partial charge on any atom is -0.379 e. The quantitative estimate of drug-likeness (QED) is 0.747. The Hall–Kier alpha value is -1.40. The second-order valence-corrected chi connectivity index (χ2v) is 7.88. The molecule has 1 aromatic rings. The van der Waals surface area contributed by atoms with Gasteiger partial charge < -0.3 is 9.64 Å². The zero-order valence-corrected chi connectivity index (χ0v) is 16.5. The Bertz CT molecular complexity index is 574. The van der Waals surface area contributed by atoms with E-state index in [1.54, 1.807) is 0 Å². The molecule has 0 aromatic carbocycles. The zero-order valence-electron chi connectivity index (χ0n) is 16.5. The zero-order chi connectivity index (χ0) is 18.4. The highest BCUT2D eigenvalue weighted by atomic mass is 16.5. The molecule has 26 heavy (non-hydrogen) atoms. The fraction of sp³-hybridized carbons (Fsp3) is 0.800. The fourth-order valence-electron chi connectivity index (χ4n) is 4.15. The van der Waals surface area contributed by atoms with Crippen molar-refractivity contribution in [3.05, 3.63) is 17.5 Å². The number of aromatic nitrogens is 2. The summed E-state index contributed by atoms with van der Waals surface area (Å²) in [6.45, 7) is 7.92. The molecule has 0 spiro atoms. The van der Waals surface area contributed by atoms with Crippen LogP contribution in [0.3, 0.4) is 0 Å². The van der Waals surface area contributed by atoms with Crippen LogP contribution in [0.1, 0.15) is 49.9 Å². The van der Waals surface area contributed by atoms with Crippen LogP contribution in [0.5, 0.6) is 0 Å². The van der Waals surface area contributed by atoms with E-state index in [2.05, 4.69) is 21.0 Å². The van der Waals surface area contributed by atoms with Gasteiger partial charge in [-0.15, -0.1) is 0 Å². The number of carbonyl (C=O) groups excluding carboxylic acids is 1. The minimum atomic E-state index is 0.309. The summed E-state index contributed by atoms with van der Waals surface area (Å²) in [4.78, 5) is 17.5. The van der Waals surface area contributed by atoms with Crippen LogP contribution in [0.25, 0.3) is 0 Å². The number of rotatable bonds is 7. The summed E-state index contributed by atoms with van der Waals surface area (Å²) in [5.74, 6) is 0.888. The van der Waals surface area contributed by atoms with Crippen LogP contribution in [-0.4, -0.2) is 64.9 Å². The van der Waals surface area contributed by atoms with Gasteiger partial charge >= 0.3 is 0 Å². The predicted octanol–water partition coefficient (Wildman–Crippen LogP) is 2.36. The molecule has 1 aliphatic carbocycles. The van der Waals surface area contributed by atoms with Crippen molar-refractivity contribution in [2.75, 3.05) is 39.4 Å². The van der Waals surface area contributed by atoms with Gasteiger partial charge in [0.25, 0.3) is 0 Å². The molecule has 1 aromatic heterocycles. The Balaban J connectivity index is 1.61. The van der Waals surface area contributed by atoms with Crippen molar-refractivity contribution in [2.45, 2.75) is 52.0 Å². The molecule has 146 valence electrons. The number of amides is 1. The molecule has 2 fully saturated rings. The molecule has 1 saturated heterocycles. The lowest BCUT2D eigenvalue weighted by Gasteiger charge is -2.31. The van der Waals surface area contributed by atoms with Gasteiger partial charge in [-0.05, 0) is 31.7 Å². The summed E-state index contributed by atoms with van der Waals surface area (Å²) in [6, 6.07) is 2.09. The van der Waals surface area contributed by atoms with Crippen molar-refractivity contribution < 1.29 is 9.53 Å². The molecular weight excluding hydrogens is 328 g/mol. The maximum Gasteiger partial charge on any atom is 0.223 e. The van der Waals surface area contributed by atoms with E-state index in [9.17, 15) is 4.79 Å². The molecule has 0 unspecified atom stereocenters. The normalized spacial score (nSPS) is 19.6. The summed E-state index contributed by atoms with van der Waals surface area (Å²) < 4.78 is 7.34. The molecule has 1 aliphatic heterocycles. The Morgan fingerprint density at radius 2 is 2.00 bits per heavy atom. The molecule has 2 aliphatic rings. The monoisotopic (exact) mass is 362 g/mol. The molecule has 0 radical (unpaired) electrons. The first-order chi connectivity index (χ1) is 12.6. The molecule has 0 bridgehead atoms. The Kier molecular flexibility index (Phi) is 7.08. The third kappa shape index (κ3) is 5.55. The third-order valence-electron chi connectivity index (χ3n) is 5.78. The maximum absolute atomic E-state index is 13.1. The van der Waals surface area contributed by atoms with E-state index >= 15 is 0 Å². The average molecular weight is 363 g/mol. The highest BCUT2D eigenvalue weighted by Crippen LogP contribution is 2.27. The molecule has 1 saturated carbocycles. The number of morpholine rings is 1. The smallest absolute Gasteiger partial charge is 0.223 e. The Morgan fingerprint density at radius 1 is 1.27 bits per heavy atom. The maximum atomic E-state index is 13.1. The fourth-order valence-corrected chi connectivity index (χ4v) is 4.15. The van der Waals surface area contributed by atoms with Crippen LogP contribution in [0, 0.1) is 12.8 Å². The summed E-state index contributed by atoms with van der Waals surface area (Å²) >= 11 is 0. The number of nitrogens with zero attached hydrogens (tertiary/aromatic N) is 4.